The molecule has 1 fully saturated rings. The van der Waals surface area contributed by atoms with Crippen molar-refractivity contribution in [3.63, 3.8) is 0 Å². The average molecular weight is 492 g/mol. The van der Waals surface area contributed by atoms with Gasteiger partial charge in [-0.2, -0.15) is 0 Å². The molecule has 0 aliphatic carbocycles. The first-order valence-corrected chi connectivity index (χ1v) is 12.5. The normalized spacial score (nSPS) is 17.2. The molecule has 9 heteroatoms. The van der Waals surface area contributed by atoms with Crippen molar-refractivity contribution in [1.29, 1.82) is 0 Å². The van der Waals surface area contributed by atoms with E-state index in [1.807, 2.05) is 52.7 Å². The number of nitrogens with two attached hydrogens (primary N) is 1. The Morgan fingerprint density at radius 2 is 1.94 bits per heavy atom. The van der Waals surface area contributed by atoms with Crippen LogP contribution in [0.2, 0.25) is 0 Å². The number of nitrogens with one attached hydrogen (secondary N) is 1. The van der Waals surface area contributed by atoms with Gasteiger partial charge < -0.3 is 20.9 Å². The quantitative estimate of drug-likeness (QED) is 0.477. The van der Waals surface area contributed by atoms with Gasteiger partial charge in [0.25, 0.3) is 11.8 Å². The van der Waals surface area contributed by atoms with Gasteiger partial charge in [-0.05, 0) is 42.0 Å². The van der Waals surface area contributed by atoms with Gasteiger partial charge in [0.15, 0.2) is 0 Å². The van der Waals surface area contributed by atoms with E-state index in [9.17, 15) is 14.4 Å². The summed E-state index contributed by atoms with van der Waals surface area (Å²) in [6, 6.07) is 16.0. The van der Waals surface area contributed by atoms with Gasteiger partial charge in [-0.25, -0.2) is 0 Å². The number of hydrogen-bond acceptors (Lipinski definition) is 6. The summed E-state index contributed by atoms with van der Waals surface area (Å²) < 4.78 is 0. The van der Waals surface area contributed by atoms with Crippen LogP contribution in [-0.2, 0) is 11.2 Å². The fourth-order valence-corrected chi connectivity index (χ4v) is 5.05. The Balaban J connectivity index is 1.60. The molecule has 35 heavy (non-hydrogen) atoms. The topological polar surface area (TPSA) is 109 Å². The van der Waals surface area contributed by atoms with Crippen molar-refractivity contribution in [1.82, 2.24) is 20.1 Å². The monoisotopic (exact) mass is 491 g/mol. The largest absolute Gasteiger partial charge is 0.353 e. The van der Waals surface area contributed by atoms with Crippen LogP contribution in [-0.4, -0.2) is 70.8 Å². The maximum Gasteiger partial charge on any atom is 0.264 e. The lowest BCUT2D eigenvalue weighted by Crippen LogP contribution is -2.47. The van der Waals surface area contributed by atoms with Crippen LogP contribution in [0.1, 0.15) is 32.0 Å². The minimum atomic E-state index is -0.699. The Labute approximate surface area is 208 Å². The van der Waals surface area contributed by atoms with Gasteiger partial charge in [-0.3, -0.25) is 19.4 Å². The minimum absolute atomic E-state index is 0.0854. The van der Waals surface area contributed by atoms with Crippen molar-refractivity contribution in [3.8, 4) is 0 Å². The Morgan fingerprint density at radius 3 is 2.63 bits per heavy atom. The molecule has 0 spiro atoms. The summed E-state index contributed by atoms with van der Waals surface area (Å²) in [5, 5.41) is 4.68. The van der Waals surface area contributed by atoms with Gasteiger partial charge in [0.1, 0.15) is 6.04 Å². The maximum absolute atomic E-state index is 13.5. The molecular weight excluding hydrogens is 462 g/mol. The third kappa shape index (κ3) is 5.93. The maximum atomic E-state index is 13.5. The lowest BCUT2D eigenvalue weighted by atomic mass is 10.1. The molecule has 2 atom stereocenters. The molecule has 3 aromatic rings. The summed E-state index contributed by atoms with van der Waals surface area (Å²) in [6.07, 6.45) is 4.12. The van der Waals surface area contributed by atoms with E-state index in [1.54, 1.807) is 23.2 Å². The zero-order valence-corrected chi connectivity index (χ0v) is 20.2. The molecule has 8 nitrogen and oxygen atoms in total. The van der Waals surface area contributed by atoms with Crippen LogP contribution in [0.15, 0.2) is 72.4 Å². The summed E-state index contributed by atoms with van der Waals surface area (Å²) in [5.74, 6) is -0.625. The van der Waals surface area contributed by atoms with E-state index in [2.05, 4.69) is 10.3 Å². The van der Waals surface area contributed by atoms with Crippen LogP contribution in [0.3, 0.4) is 0 Å². The second-order valence-corrected chi connectivity index (χ2v) is 9.34. The summed E-state index contributed by atoms with van der Waals surface area (Å²) in [5.41, 5.74) is 7.10. The van der Waals surface area contributed by atoms with Gasteiger partial charge in [-0.15, -0.1) is 11.3 Å². The highest BCUT2D eigenvalue weighted by Crippen LogP contribution is 2.27. The number of hydrogen-bond donors (Lipinski definition) is 2. The summed E-state index contributed by atoms with van der Waals surface area (Å²) in [4.78, 5) is 48.0. The highest BCUT2D eigenvalue weighted by atomic mass is 32.1. The SMILES string of the molecule is NCCNC(=O)C1CC(N(CCc2ccccc2)C(=O)c2cccs2)CN1C(=O)c1cccnc1. The van der Waals surface area contributed by atoms with E-state index >= 15 is 0 Å². The number of benzene rings is 1. The van der Waals surface area contributed by atoms with Crippen LogP contribution in [0.25, 0.3) is 0 Å². The van der Waals surface area contributed by atoms with Crippen LogP contribution in [0, 0.1) is 0 Å². The second-order valence-electron chi connectivity index (χ2n) is 8.40. The number of likely N-dealkylation sites (tertiary alicyclic amines) is 1. The molecule has 2 unspecified atom stereocenters. The summed E-state index contributed by atoms with van der Waals surface area (Å²) >= 11 is 1.39. The van der Waals surface area contributed by atoms with Gasteiger partial charge in [0, 0.05) is 38.6 Å². The third-order valence-electron chi connectivity index (χ3n) is 6.11. The molecule has 182 valence electrons. The second kappa shape index (κ2) is 11.7. The van der Waals surface area contributed by atoms with Crippen LogP contribution in [0.4, 0.5) is 0 Å². The molecule has 2 aromatic heterocycles. The van der Waals surface area contributed by atoms with Crippen LogP contribution < -0.4 is 11.1 Å². The van der Waals surface area contributed by atoms with Crippen molar-refractivity contribution < 1.29 is 14.4 Å². The minimum Gasteiger partial charge on any atom is -0.353 e. The number of carbonyl (C=O) groups excluding carboxylic acids is 3. The molecule has 1 saturated heterocycles. The predicted octanol–water partition coefficient (Wildman–Crippen LogP) is 2.19. The summed E-state index contributed by atoms with van der Waals surface area (Å²) in [7, 11) is 0. The van der Waals surface area contributed by atoms with Gasteiger partial charge >= 0.3 is 0 Å². The van der Waals surface area contributed by atoms with Crippen molar-refractivity contribution in [2.24, 2.45) is 5.73 Å². The molecule has 0 saturated carbocycles. The number of thiophene rings is 1. The Kier molecular flexibility index (Phi) is 8.23. The Bertz CT molecular complexity index is 1120. The molecule has 1 aliphatic rings. The average Bonchev–Trinajstić information content (AvgIpc) is 3.59. The zero-order valence-electron chi connectivity index (χ0n) is 19.4. The van der Waals surface area contributed by atoms with E-state index in [0.29, 0.717) is 42.9 Å². The lowest BCUT2D eigenvalue weighted by Gasteiger charge is -2.29. The highest BCUT2D eigenvalue weighted by Gasteiger charge is 2.43. The number of amides is 3. The first-order chi connectivity index (χ1) is 17.1. The van der Waals surface area contributed by atoms with E-state index < -0.39 is 6.04 Å². The van der Waals surface area contributed by atoms with E-state index in [0.717, 1.165) is 5.56 Å². The van der Waals surface area contributed by atoms with Gasteiger partial charge in [0.2, 0.25) is 5.91 Å². The fraction of sp³-hybridized carbons (Fsp3) is 0.308. The third-order valence-corrected chi connectivity index (χ3v) is 6.97. The summed E-state index contributed by atoms with van der Waals surface area (Å²) in [6.45, 7) is 1.37. The molecule has 1 aromatic carbocycles. The molecule has 4 rings (SSSR count). The molecular formula is C26H29N5O3S. The number of nitrogens with zero attached hydrogens (tertiary/aromatic N) is 3. The number of rotatable bonds is 9. The smallest absolute Gasteiger partial charge is 0.264 e. The predicted molar refractivity (Wildman–Crippen MR) is 135 cm³/mol. The highest BCUT2D eigenvalue weighted by molar-refractivity contribution is 7.12. The fourth-order valence-electron chi connectivity index (χ4n) is 4.37. The molecule has 3 amide bonds. The molecule has 1 aliphatic heterocycles. The molecule has 0 radical (unpaired) electrons. The first kappa shape index (κ1) is 24.6. The zero-order chi connectivity index (χ0) is 24.6. The van der Waals surface area contributed by atoms with E-state index in [-0.39, 0.29) is 30.3 Å². The van der Waals surface area contributed by atoms with Crippen molar-refractivity contribution >= 4 is 29.1 Å². The Hall–Kier alpha value is -3.56. The van der Waals surface area contributed by atoms with Crippen molar-refractivity contribution in [2.75, 3.05) is 26.2 Å². The first-order valence-electron chi connectivity index (χ1n) is 11.7. The number of pyridine rings is 1. The Morgan fingerprint density at radius 1 is 1.11 bits per heavy atom. The van der Waals surface area contributed by atoms with E-state index in [1.165, 1.54) is 17.5 Å². The van der Waals surface area contributed by atoms with E-state index in [4.69, 9.17) is 5.73 Å². The van der Waals surface area contributed by atoms with Crippen LogP contribution >= 0.6 is 11.3 Å². The lowest BCUT2D eigenvalue weighted by molar-refractivity contribution is -0.124. The standard InChI is InChI=1S/C26H29N5O3S/c27-11-13-29-24(32)22-16-21(18-31(22)25(33)20-8-4-12-28-17-20)30(26(34)23-9-5-15-35-23)14-10-19-6-2-1-3-7-19/h1-9,12,15,17,21-22H,10-11,13-14,16,18,27H2,(H,29,32). The van der Waals surface area contributed by atoms with Gasteiger partial charge in [-0.1, -0.05) is 36.4 Å². The van der Waals surface area contributed by atoms with Gasteiger partial charge in [0.05, 0.1) is 16.5 Å². The number of carbonyl (C=O) groups is 3. The van der Waals surface area contributed by atoms with Crippen molar-refractivity contribution in [3.05, 3.63) is 88.4 Å². The van der Waals surface area contributed by atoms with Crippen LogP contribution in [0.5, 0.6) is 0 Å². The molecule has 3 heterocycles. The van der Waals surface area contributed by atoms with Crippen molar-refractivity contribution in [2.45, 2.75) is 24.9 Å². The molecule has 3 N–H and O–H groups in total. The number of aromatic nitrogens is 1. The molecule has 0 bridgehead atoms.